The van der Waals surface area contributed by atoms with E-state index >= 15 is 0 Å². The molecule has 2 aliphatic rings. The molecule has 2 aliphatic heterocycles. The van der Waals surface area contributed by atoms with E-state index in [4.69, 9.17) is 11.6 Å². The van der Waals surface area contributed by atoms with Crippen LogP contribution in [0.5, 0.6) is 0 Å². The number of imide groups is 1. The quantitative estimate of drug-likeness (QED) is 0.346. The number of aromatic nitrogens is 2. The molecule has 11 heteroatoms. The van der Waals surface area contributed by atoms with E-state index in [1.165, 1.54) is 21.2 Å². The molecule has 0 spiro atoms. The van der Waals surface area contributed by atoms with Gasteiger partial charge in [0.25, 0.3) is 0 Å². The molecule has 6 rings (SSSR count). The van der Waals surface area contributed by atoms with Crippen LogP contribution >= 0.6 is 34.7 Å². The van der Waals surface area contributed by atoms with E-state index < -0.39 is 17.1 Å². The van der Waals surface area contributed by atoms with Gasteiger partial charge in [-0.3, -0.25) is 28.7 Å². The molecule has 3 atom stereocenters. The summed E-state index contributed by atoms with van der Waals surface area (Å²) in [6.45, 7) is 1.67. The van der Waals surface area contributed by atoms with E-state index in [9.17, 15) is 19.2 Å². The third kappa shape index (κ3) is 4.48. The summed E-state index contributed by atoms with van der Waals surface area (Å²) in [5, 5.41) is 3.12. The van der Waals surface area contributed by atoms with Crippen LogP contribution in [0.3, 0.4) is 0 Å². The summed E-state index contributed by atoms with van der Waals surface area (Å²) in [4.78, 5) is 59.5. The predicted molar refractivity (Wildman–Crippen MR) is 152 cm³/mol. The molecule has 2 aromatic carbocycles. The molecule has 4 aromatic rings. The highest BCUT2D eigenvalue weighted by Crippen LogP contribution is 2.53. The lowest BCUT2D eigenvalue weighted by molar-refractivity contribution is -0.122. The van der Waals surface area contributed by atoms with Crippen molar-refractivity contribution in [2.24, 2.45) is 5.92 Å². The van der Waals surface area contributed by atoms with Crippen LogP contribution in [0.15, 0.2) is 82.9 Å². The van der Waals surface area contributed by atoms with Crippen molar-refractivity contribution in [1.82, 2.24) is 9.55 Å². The van der Waals surface area contributed by atoms with Crippen molar-refractivity contribution in [2.75, 3.05) is 10.2 Å². The normalized spacial score (nSPS) is 20.1. The summed E-state index contributed by atoms with van der Waals surface area (Å²) >= 11 is 8.21. The third-order valence-electron chi connectivity index (χ3n) is 6.90. The van der Waals surface area contributed by atoms with Crippen molar-refractivity contribution in [3.8, 4) is 0 Å². The third-order valence-corrected chi connectivity index (χ3v) is 9.75. The van der Waals surface area contributed by atoms with E-state index in [2.05, 4.69) is 10.3 Å². The second-order valence-corrected chi connectivity index (χ2v) is 11.9. The van der Waals surface area contributed by atoms with Crippen LogP contribution in [0.2, 0.25) is 5.02 Å². The fourth-order valence-electron chi connectivity index (χ4n) is 5.07. The maximum atomic E-state index is 13.8. The largest absolute Gasteiger partial charge is 0.324 e. The summed E-state index contributed by atoms with van der Waals surface area (Å²) < 4.78 is 1.40. The Morgan fingerprint density at radius 3 is 2.51 bits per heavy atom. The Morgan fingerprint density at radius 2 is 1.79 bits per heavy atom. The molecule has 1 N–H and O–H groups in total. The first-order valence-electron chi connectivity index (χ1n) is 12.1. The highest BCUT2D eigenvalue weighted by Gasteiger charge is 2.56. The Kier molecular flexibility index (Phi) is 6.62. The minimum Gasteiger partial charge on any atom is -0.324 e. The molecule has 0 saturated carbocycles. The highest BCUT2D eigenvalue weighted by atomic mass is 35.5. The second kappa shape index (κ2) is 10.1. The molecule has 0 bridgehead atoms. The minimum absolute atomic E-state index is 0.216. The number of benzene rings is 2. The molecule has 0 radical (unpaired) electrons. The van der Waals surface area contributed by atoms with Crippen LogP contribution in [0.4, 0.5) is 11.4 Å². The lowest BCUT2D eigenvalue weighted by atomic mass is 9.84. The lowest BCUT2D eigenvalue weighted by Gasteiger charge is -2.30. The Balaban J connectivity index is 1.40. The first-order valence-corrected chi connectivity index (χ1v) is 14.2. The van der Waals surface area contributed by atoms with E-state index in [-0.39, 0.29) is 29.1 Å². The van der Waals surface area contributed by atoms with Crippen LogP contribution < -0.4 is 15.1 Å². The van der Waals surface area contributed by atoms with Crippen LogP contribution in [0.25, 0.3) is 0 Å². The number of carbonyl (C=O) groups excluding carboxylic acids is 3. The number of hydrogen-bond donors (Lipinski definition) is 1. The molecule has 2 aromatic heterocycles. The van der Waals surface area contributed by atoms with Gasteiger partial charge in [-0.15, -0.1) is 0 Å². The molecule has 3 unspecified atom stereocenters. The molecule has 1 saturated heterocycles. The van der Waals surface area contributed by atoms with Crippen molar-refractivity contribution in [3.63, 3.8) is 0 Å². The van der Waals surface area contributed by atoms with Gasteiger partial charge in [-0.1, -0.05) is 59.0 Å². The van der Waals surface area contributed by atoms with Gasteiger partial charge < -0.3 is 5.32 Å². The van der Waals surface area contributed by atoms with Gasteiger partial charge in [0, 0.05) is 33.9 Å². The Morgan fingerprint density at radius 1 is 1.03 bits per heavy atom. The number of carbonyl (C=O) groups is 3. The average molecular weight is 577 g/mol. The van der Waals surface area contributed by atoms with Gasteiger partial charge in [0.05, 0.1) is 16.6 Å². The van der Waals surface area contributed by atoms with Gasteiger partial charge in [0.2, 0.25) is 17.7 Å². The second-order valence-electron chi connectivity index (χ2n) is 9.30. The number of thioether (sulfide) groups is 1. The topological polar surface area (TPSA) is 101 Å². The first kappa shape index (κ1) is 25.5. The number of anilines is 2. The van der Waals surface area contributed by atoms with Crippen LogP contribution in [0.1, 0.15) is 21.9 Å². The van der Waals surface area contributed by atoms with Gasteiger partial charge in [0.1, 0.15) is 11.8 Å². The van der Waals surface area contributed by atoms with E-state index in [1.807, 2.05) is 31.2 Å². The fraction of sp³-hybridized carbons (Fsp3) is 0.179. The van der Waals surface area contributed by atoms with Gasteiger partial charge in [-0.25, -0.2) is 4.90 Å². The van der Waals surface area contributed by atoms with Crippen molar-refractivity contribution >= 4 is 63.8 Å². The van der Waals surface area contributed by atoms with Crippen LogP contribution in [-0.2, 0) is 20.9 Å². The highest BCUT2D eigenvalue weighted by molar-refractivity contribution is 8.00. The van der Waals surface area contributed by atoms with E-state index in [0.29, 0.717) is 26.3 Å². The average Bonchev–Trinajstić information content (AvgIpc) is 3.37. The number of rotatable bonds is 5. The number of hydrogen-bond acceptors (Lipinski definition) is 7. The number of para-hydroxylation sites is 1. The van der Waals surface area contributed by atoms with Gasteiger partial charge in [0.15, 0.2) is 0 Å². The summed E-state index contributed by atoms with van der Waals surface area (Å²) in [5.41, 5.74) is 2.73. The monoisotopic (exact) mass is 576 g/mol. The zero-order valence-corrected chi connectivity index (χ0v) is 22.9. The van der Waals surface area contributed by atoms with Crippen LogP contribution in [-0.4, -0.2) is 32.5 Å². The summed E-state index contributed by atoms with van der Waals surface area (Å²) in [7, 11) is 0. The standard InChI is InChI=1S/C28H21ClN4O4S2/c1-15-5-2-3-7-19(15)31-20(34)14-32-27-24(39-28(32)37)21(16-6-4-12-30-13-16)22-23(38-27)26(36)33(25(22)35)18-10-8-17(29)9-11-18/h2-13,21-23H,14H2,1H3,(H,31,34). The minimum atomic E-state index is -0.773. The molecule has 8 nitrogen and oxygen atoms in total. The van der Waals surface area contributed by atoms with Gasteiger partial charge in [-0.2, -0.15) is 0 Å². The Bertz CT molecular complexity index is 1670. The summed E-state index contributed by atoms with van der Waals surface area (Å²) in [6.07, 6.45) is 3.29. The number of amides is 3. The molecule has 4 heterocycles. The van der Waals surface area contributed by atoms with E-state index in [0.717, 1.165) is 22.5 Å². The molecular weight excluding hydrogens is 556 g/mol. The fourth-order valence-corrected chi connectivity index (χ4v) is 7.96. The Labute approximate surface area is 236 Å². The number of fused-ring (bicyclic) bond motifs is 2. The number of pyridine rings is 1. The summed E-state index contributed by atoms with van der Waals surface area (Å²) in [5.74, 6) is -2.37. The molecule has 0 aliphatic carbocycles. The molecule has 196 valence electrons. The number of aryl methyl sites for hydroxylation is 1. The molecule has 1 fully saturated rings. The SMILES string of the molecule is Cc1ccccc1NC(=O)Cn1c2c(sc1=O)C(c1cccnc1)C1C(=O)N(c3ccc(Cl)cc3)C(=O)C1S2. The number of nitrogens with zero attached hydrogens (tertiary/aromatic N) is 3. The van der Waals surface area contributed by atoms with Crippen molar-refractivity contribution < 1.29 is 14.4 Å². The number of halogens is 1. The zero-order valence-electron chi connectivity index (χ0n) is 20.5. The van der Waals surface area contributed by atoms with Gasteiger partial charge >= 0.3 is 4.87 Å². The molecule has 3 amide bonds. The predicted octanol–water partition coefficient (Wildman–Crippen LogP) is 4.70. The summed E-state index contributed by atoms with van der Waals surface area (Å²) in [6, 6.07) is 17.5. The number of thiazole rings is 1. The maximum Gasteiger partial charge on any atom is 0.308 e. The van der Waals surface area contributed by atoms with Crippen molar-refractivity contribution in [3.05, 3.63) is 104 Å². The Hall–Kier alpha value is -3.73. The van der Waals surface area contributed by atoms with Crippen molar-refractivity contribution in [2.45, 2.75) is 29.7 Å². The zero-order chi connectivity index (χ0) is 27.3. The smallest absolute Gasteiger partial charge is 0.308 e. The number of nitrogens with one attached hydrogen (secondary N) is 1. The first-order chi connectivity index (χ1) is 18.8. The molecule has 39 heavy (non-hydrogen) atoms. The maximum absolute atomic E-state index is 13.8. The molecular formula is C28H21ClN4O4S2. The van der Waals surface area contributed by atoms with E-state index in [1.54, 1.807) is 48.8 Å². The van der Waals surface area contributed by atoms with Gasteiger partial charge in [-0.05, 0) is 54.4 Å². The van der Waals surface area contributed by atoms with Crippen LogP contribution in [0, 0.1) is 12.8 Å². The lowest BCUT2D eigenvalue weighted by Crippen LogP contribution is -2.33. The van der Waals surface area contributed by atoms with Crippen molar-refractivity contribution in [1.29, 1.82) is 0 Å².